The van der Waals surface area contributed by atoms with Crippen LogP contribution in [0.15, 0.2) is 47.5 Å². The second-order valence-corrected chi connectivity index (χ2v) is 9.28. The molecule has 146 valence electrons. The number of carbonyl (C=O) groups is 1. The lowest BCUT2D eigenvalue weighted by Gasteiger charge is -2.25. The van der Waals surface area contributed by atoms with Crippen molar-refractivity contribution in [1.82, 2.24) is 19.5 Å². The summed E-state index contributed by atoms with van der Waals surface area (Å²) in [6.07, 6.45) is 5.00. The van der Waals surface area contributed by atoms with E-state index in [1.165, 1.54) is 6.26 Å². The van der Waals surface area contributed by atoms with Gasteiger partial charge in [-0.3, -0.25) is 4.79 Å². The highest BCUT2D eigenvalue weighted by Crippen LogP contribution is 2.32. The van der Waals surface area contributed by atoms with E-state index < -0.39 is 9.84 Å². The molecule has 1 saturated heterocycles. The minimum Gasteiger partial charge on any atom is -0.334 e. The summed E-state index contributed by atoms with van der Waals surface area (Å²) in [5.41, 5.74) is 3.45. The number of hydrogen-bond acceptors (Lipinski definition) is 5. The molecule has 0 N–H and O–H groups in total. The number of sulfone groups is 1. The Balaban J connectivity index is 1.57. The molecule has 1 aliphatic heterocycles. The van der Waals surface area contributed by atoms with Crippen molar-refractivity contribution in [2.75, 3.05) is 12.8 Å². The summed E-state index contributed by atoms with van der Waals surface area (Å²) < 4.78 is 25.0. The van der Waals surface area contributed by atoms with E-state index in [0.29, 0.717) is 6.54 Å². The highest BCUT2D eigenvalue weighted by Gasteiger charge is 2.31. The van der Waals surface area contributed by atoms with E-state index in [0.717, 1.165) is 35.4 Å². The Morgan fingerprint density at radius 3 is 2.68 bits per heavy atom. The number of likely N-dealkylation sites (tertiary alicyclic amines) is 1. The zero-order valence-corrected chi connectivity index (χ0v) is 16.7. The molecule has 7 nitrogen and oxygen atoms in total. The summed E-state index contributed by atoms with van der Waals surface area (Å²) in [7, 11) is -3.24. The van der Waals surface area contributed by atoms with Crippen LogP contribution in [0.3, 0.4) is 0 Å². The first-order chi connectivity index (χ1) is 13.3. The lowest BCUT2D eigenvalue weighted by Crippen LogP contribution is -2.32. The third-order valence-corrected chi connectivity index (χ3v) is 6.26. The van der Waals surface area contributed by atoms with Gasteiger partial charge in [-0.15, -0.1) is 0 Å². The van der Waals surface area contributed by atoms with Gasteiger partial charge in [-0.25, -0.2) is 17.9 Å². The van der Waals surface area contributed by atoms with E-state index in [1.54, 1.807) is 30.5 Å². The zero-order chi connectivity index (χ0) is 19.9. The van der Waals surface area contributed by atoms with Gasteiger partial charge in [0.1, 0.15) is 0 Å². The van der Waals surface area contributed by atoms with Gasteiger partial charge in [0.05, 0.1) is 28.7 Å². The first-order valence-corrected chi connectivity index (χ1v) is 11.1. The first-order valence-electron chi connectivity index (χ1n) is 9.23. The maximum atomic E-state index is 13.0. The Hall–Kier alpha value is -2.74. The number of carbonyl (C=O) groups excluding carboxylic acids is 1. The molecular formula is C20H22N4O3S. The number of aryl methyl sites for hydroxylation is 1. The number of benzene rings is 1. The zero-order valence-electron chi connectivity index (χ0n) is 15.9. The van der Waals surface area contributed by atoms with Gasteiger partial charge >= 0.3 is 0 Å². The van der Waals surface area contributed by atoms with Gasteiger partial charge in [-0.1, -0.05) is 12.1 Å². The van der Waals surface area contributed by atoms with Crippen molar-refractivity contribution in [2.24, 2.45) is 0 Å². The van der Waals surface area contributed by atoms with Crippen molar-refractivity contribution in [2.45, 2.75) is 37.1 Å². The maximum Gasteiger partial charge on any atom is 0.227 e. The van der Waals surface area contributed by atoms with Crippen molar-refractivity contribution in [3.63, 3.8) is 0 Å². The fourth-order valence-electron chi connectivity index (χ4n) is 3.78. The number of rotatable bonds is 4. The van der Waals surface area contributed by atoms with Crippen LogP contribution in [0.1, 0.15) is 35.8 Å². The van der Waals surface area contributed by atoms with Gasteiger partial charge in [0, 0.05) is 25.1 Å². The Kier molecular flexibility index (Phi) is 4.66. The van der Waals surface area contributed by atoms with Gasteiger partial charge in [-0.2, -0.15) is 5.10 Å². The molecule has 0 aliphatic carbocycles. The van der Waals surface area contributed by atoms with Crippen LogP contribution >= 0.6 is 0 Å². The Bertz CT molecular complexity index is 1140. The van der Waals surface area contributed by atoms with Crippen LogP contribution < -0.4 is 0 Å². The smallest absolute Gasteiger partial charge is 0.227 e. The molecule has 2 aromatic heterocycles. The van der Waals surface area contributed by atoms with Crippen LogP contribution in [0.2, 0.25) is 0 Å². The number of hydrogen-bond donors (Lipinski definition) is 0. The van der Waals surface area contributed by atoms with Crippen molar-refractivity contribution in [3.8, 4) is 0 Å². The Morgan fingerprint density at radius 1 is 1.21 bits per heavy atom. The number of nitrogens with zero attached hydrogens (tertiary/aromatic N) is 4. The molecular weight excluding hydrogens is 376 g/mol. The molecule has 3 aromatic rings. The van der Waals surface area contributed by atoms with Crippen LogP contribution in [0.4, 0.5) is 0 Å². The SMILES string of the molecule is Cc1cc2nccc(C3CCCN3C(=O)Cc3ccc(S(C)(=O)=O)cc3)n2n1. The largest absolute Gasteiger partial charge is 0.334 e. The minimum atomic E-state index is -3.24. The van der Waals surface area contributed by atoms with E-state index in [4.69, 9.17) is 0 Å². The molecule has 1 fully saturated rings. The average molecular weight is 398 g/mol. The molecule has 0 radical (unpaired) electrons. The van der Waals surface area contributed by atoms with Crippen molar-refractivity contribution in [1.29, 1.82) is 0 Å². The average Bonchev–Trinajstić information content (AvgIpc) is 3.26. The molecule has 1 atom stereocenters. The third kappa shape index (κ3) is 3.52. The second-order valence-electron chi connectivity index (χ2n) is 7.26. The predicted octanol–water partition coefficient (Wildman–Crippen LogP) is 2.35. The summed E-state index contributed by atoms with van der Waals surface area (Å²) in [5, 5.41) is 4.53. The second kappa shape index (κ2) is 7.01. The molecule has 4 rings (SSSR count). The quantitative estimate of drug-likeness (QED) is 0.673. The van der Waals surface area contributed by atoms with E-state index in [1.807, 2.05) is 28.5 Å². The predicted molar refractivity (Wildman–Crippen MR) is 105 cm³/mol. The molecule has 1 aromatic carbocycles. The molecule has 0 bridgehead atoms. The van der Waals surface area contributed by atoms with E-state index in [-0.39, 0.29) is 23.3 Å². The van der Waals surface area contributed by atoms with E-state index >= 15 is 0 Å². The number of aromatic nitrogens is 3. The van der Waals surface area contributed by atoms with Crippen molar-refractivity contribution < 1.29 is 13.2 Å². The van der Waals surface area contributed by atoms with Gasteiger partial charge in [0.15, 0.2) is 15.5 Å². The third-order valence-electron chi connectivity index (χ3n) is 5.13. The summed E-state index contributed by atoms with van der Waals surface area (Å²) in [4.78, 5) is 19.5. The lowest BCUT2D eigenvalue weighted by molar-refractivity contribution is -0.131. The lowest BCUT2D eigenvalue weighted by atomic mass is 10.1. The molecule has 28 heavy (non-hydrogen) atoms. The van der Waals surface area contributed by atoms with Crippen LogP contribution in [-0.2, 0) is 21.1 Å². The molecule has 3 heterocycles. The van der Waals surface area contributed by atoms with Gasteiger partial charge in [0.25, 0.3) is 0 Å². The fraction of sp³-hybridized carbons (Fsp3) is 0.350. The monoisotopic (exact) mass is 398 g/mol. The van der Waals surface area contributed by atoms with Gasteiger partial charge < -0.3 is 4.90 Å². The summed E-state index contributed by atoms with van der Waals surface area (Å²) >= 11 is 0. The van der Waals surface area contributed by atoms with Crippen molar-refractivity contribution in [3.05, 3.63) is 59.5 Å². The summed E-state index contributed by atoms with van der Waals surface area (Å²) in [6.45, 7) is 2.63. The van der Waals surface area contributed by atoms with Crippen LogP contribution in [0, 0.1) is 6.92 Å². The van der Waals surface area contributed by atoms with Crippen LogP contribution in [0.25, 0.3) is 5.65 Å². The molecule has 1 aliphatic rings. The minimum absolute atomic E-state index is 0.0310. The summed E-state index contributed by atoms with van der Waals surface area (Å²) in [6, 6.07) is 10.3. The van der Waals surface area contributed by atoms with Crippen molar-refractivity contribution >= 4 is 21.4 Å². The topological polar surface area (TPSA) is 84.6 Å². The van der Waals surface area contributed by atoms with E-state index in [9.17, 15) is 13.2 Å². The highest BCUT2D eigenvalue weighted by molar-refractivity contribution is 7.90. The first kappa shape index (κ1) is 18.6. The maximum absolute atomic E-state index is 13.0. The normalized spacial score (nSPS) is 17.4. The number of amides is 1. The van der Waals surface area contributed by atoms with Gasteiger partial charge in [0.2, 0.25) is 5.91 Å². The van der Waals surface area contributed by atoms with Gasteiger partial charge in [-0.05, 0) is 43.5 Å². The molecule has 8 heteroatoms. The molecule has 0 spiro atoms. The Morgan fingerprint density at radius 2 is 1.96 bits per heavy atom. The summed E-state index contributed by atoms with van der Waals surface area (Å²) in [5.74, 6) is 0.0310. The van der Waals surface area contributed by atoms with E-state index in [2.05, 4.69) is 10.1 Å². The van der Waals surface area contributed by atoms with Crippen LogP contribution in [0.5, 0.6) is 0 Å². The fourth-order valence-corrected chi connectivity index (χ4v) is 4.41. The molecule has 1 amide bonds. The highest BCUT2D eigenvalue weighted by atomic mass is 32.2. The number of fused-ring (bicyclic) bond motifs is 1. The Labute approximate surface area is 163 Å². The molecule has 1 unspecified atom stereocenters. The molecule has 0 saturated carbocycles. The van der Waals surface area contributed by atoms with Crippen LogP contribution in [-0.4, -0.2) is 46.6 Å². The standard InChI is InChI=1S/C20H22N4O3S/c1-14-12-19-21-10-9-18(24(19)22-14)17-4-3-11-23(17)20(25)13-15-5-7-16(8-6-15)28(2,26)27/h5-10,12,17H,3-4,11,13H2,1-2H3.